The fraction of sp³-hybridized carbons (Fsp3) is 0.118. The first-order valence-corrected chi connectivity index (χ1v) is 8.25. The topological polar surface area (TPSA) is 50.7 Å². The zero-order valence-corrected chi connectivity index (χ0v) is 13.5. The van der Waals surface area contributed by atoms with Crippen LogP contribution in [0.4, 0.5) is 19.0 Å². The van der Waals surface area contributed by atoms with E-state index in [9.17, 15) is 13.2 Å². The van der Waals surface area contributed by atoms with Gasteiger partial charge in [-0.05, 0) is 24.3 Å². The maximum atomic E-state index is 13.0. The number of aromatic nitrogens is 3. The number of nitrogens with one attached hydrogen (secondary N) is 1. The van der Waals surface area contributed by atoms with Gasteiger partial charge in [-0.25, -0.2) is 15.0 Å². The van der Waals surface area contributed by atoms with E-state index < -0.39 is 12.0 Å². The van der Waals surface area contributed by atoms with Crippen LogP contribution in [0.5, 0.6) is 0 Å². The normalized spacial score (nSPS) is 12.0. The molecule has 0 amide bonds. The van der Waals surface area contributed by atoms with E-state index in [4.69, 9.17) is 0 Å². The third-order valence-electron chi connectivity index (χ3n) is 3.60. The van der Waals surface area contributed by atoms with Crippen molar-refractivity contribution >= 4 is 38.3 Å². The molecule has 0 bridgehead atoms. The van der Waals surface area contributed by atoms with Crippen molar-refractivity contribution in [2.24, 2.45) is 0 Å². The van der Waals surface area contributed by atoms with E-state index in [1.54, 1.807) is 18.2 Å². The minimum atomic E-state index is -4.60. The molecule has 0 saturated carbocycles. The Morgan fingerprint density at radius 2 is 1.60 bits per heavy atom. The van der Waals surface area contributed by atoms with Crippen molar-refractivity contribution in [2.45, 2.75) is 12.7 Å². The zero-order valence-electron chi connectivity index (χ0n) is 12.7. The van der Waals surface area contributed by atoms with E-state index >= 15 is 0 Å². The molecule has 2 heterocycles. The van der Waals surface area contributed by atoms with Crippen LogP contribution in [0.1, 0.15) is 10.8 Å². The summed E-state index contributed by atoms with van der Waals surface area (Å²) in [5.74, 6) is -1.00. The SMILES string of the molecule is FC(F)(F)c1nc(NCc2nc3ccccc3s2)c2ccccc2n1. The van der Waals surface area contributed by atoms with Crippen LogP contribution in [-0.2, 0) is 12.7 Å². The predicted octanol–water partition coefficient (Wildman–Crippen LogP) is 4.87. The highest BCUT2D eigenvalue weighted by Gasteiger charge is 2.35. The van der Waals surface area contributed by atoms with Crippen molar-refractivity contribution in [3.8, 4) is 0 Å². The second-order valence-corrected chi connectivity index (χ2v) is 6.45. The van der Waals surface area contributed by atoms with E-state index in [-0.39, 0.29) is 17.9 Å². The number of thiazole rings is 1. The third-order valence-corrected chi connectivity index (χ3v) is 4.64. The highest BCUT2D eigenvalue weighted by molar-refractivity contribution is 7.18. The number of benzene rings is 2. The average molecular weight is 360 g/mol. The van der Waals surface area contributed by atoms with Gasteiger partial charge < -0.3 is 5.32 Å². The van der Waals surface area contributed by atoms with Gasteiger partial charge in [-0.2, -0.15) is 13.2 Å². The lowest BCUT2D eigenvalue weighted by atomic mass is 10.2. The molecule has 0 spiro atoms. The number of hydrogen-bond acceptors (Lipinski definition) is 5. The number of rotatable bonds is 3. The highest BCUT2D eigenvalue weighted by atomic mass is 32.1. The van der Waals surface area contributed by atoms with Gasteiger partial charge in [0.25, 0.3) is 0 Å². The molecule has 2 aromatic carbocycles. The number of para-hydroxylation sites is 2. The molecular weight excluding hydrogens is 349 g/mol. The molecule has 25 heavy (non-hydrogen) atoms. The van der Waals surface area contributed by atoms with Crippen LogP contribution in [0.15, 0.2) is 48.5 Å². The van der Waals surface area contributed by atoms with Crippen LogP contribution in [0.25, 0.3) is 21.1 Å². The lowest BCUT2D eigenvalue weighted by molar-refractivity contribution is -0.144. The van der Waals surface area contributed by atoms with Gasteiger partial charge in [0.15, 0.2) is 0 Å². The van der Waals surface area contributed by atoms with Crippen molar-refractivity contribution in [3.05, 3.63) is 59.4 Å². The molecule has 0 saturated heterocycles. The first-order valence-electron chi connectivity index (χ1n) is 7.43. The molecule has 2 aromatic heterocycles. The fourth-order valence-corrected chi connectivity index (χ4v) is 3.40. The zero-order chi connectivity index (χ0) is 17.4. The second-order valence-electron chi connectivity index (χ2n) is 5.34. The molecule has 0 atom stereocenters. The highest BCUT2D eigenvalue weighted by Crippen LogP contribution is 2.30. The lowest BCUT2D eigenvalue weighted by Crippen LogP contribution is -2.13. The van der Waals surface area contributed by atoms with Gasteiger partial charge in [0.1, 0.15) is 10.8 Å². The minimum absolute atomic E-state index is 0.150. The van der Waals surface area contributed by atoms with E-state index in [0.717, 1.165) is 15.2 Å². The van der Waals surface area contributed by atoms with Gasteiger partial charge in [0, 0.05) is 5.39 Å². The number of fused-ring (bicyclic) bond motifs is 2. The Morgan fingerprint density at radius 3 is 2.36 bits per heavy atom. The van der Waals surface area contributed by atoms with Crippen molar-refractivity contribution in [1.29, 1.82) is 0 Å². The smallest absolute Gasteiger partial charge is 0.363 e. The number of anilines is 1. The van der Waals surface area contributed by atoms with Gasteiger partial charge in [-0.15, -0.1) is 11.3 Å². The monoisotopic (exact) mass is 360 g/mol. The number of nitrogens with zero attached hydrogens (tertiary/aromatic N) is 3. The summed E-state index contributed by atoms with van der Waals surface area (Å²) >= 11 is 1.49. The summed E-state index contributed by atoms with van der Waals surface area (Å²) in [5.41, 5.74) is 1.12. The van der Waals surface area contributed by atoms with Crippen molar-refractivity contribution in [3.63, 3.8) is 0 Å². The van der Waals surface area contributed by atoms with E-state index in [1.165, 1.54) is 17.4 Å². The summed E-state index contributed by atoms with van der Waals surface area (Å²) in [5, 5.41) is 4.29. The van der Waals surface area contributed by atoms with Crippen molar-refractivity contribution in [2.75, 3.05) is 5.32 Å². The predicted molar refractivity (Wildman–Crippen MR) is 91.5 cm³/mol. The minimum Gasteiger partial charge on any atom is -0.363 e. The maximum Gasteiger partial charge on any atom is 0.451 e. The molecule has 8 heteroatoms. The molecule has 126 valence electrons. The van der Waals surface area contributed by atoms with E-state index in [1.807, 2.05) is 24.3 Å². The lowest BCUT2D eigenvalue weighted by Gasteiger charge is -2.11. The van der Waals surface area contributed by atoms with Crippen LogP contribution in [0, 0.1) is 0 Å². The molecule has 0 aliphatic rings. The summed E-state index contributed by atoms with van der Waals surface area (Å²) in [6.07, 6.45) is -4.60. The van der Waals surface area contributed by atoms with Crippen molar-refractivity contribution in [1.82, 2.24) is 15.0 Å². The van der Waals surface area contributed by atoms with Gasteiger partial charge in [-0.3, -0.25) is 0 Å². The summed E-state index contributed by atoms with van der Waals surface area (Å²) in [4.78, 5) is 11.7. The van der Waals surface area contributed by atoms with Gasteiger partial charge in [-0.1, -0.05) is 24.3 Å². The van der Waals surface area contributed by atoms with Crippen LogP contribution >= 0.6 is 11.3 Å². The molecule has 0 fully saturated rings. The molecule has 4 rings (SSSR count). The van der Waals surface area contributed by atoms with Crippen LogP contribution in [-0.4, -0.2) is 15.0 Å². The maximum absolute atomic E-state index is 13.0. The van der Waals surface area contributed by atoms with Gasteiger partial charge in [0.05, 0.1) is 22.3 Å². The first kappa shape index (κ1) is 15.8. The standard InChI is InChI=1S/C17H11F3N4S/c18-17(19,20)16-23-11-6-2-1-5-10(11)15(24-16)21-9-14-22-12-7-3-4-8-13(12)25-14/h1-8H,9H2,(H,21,23,24). The number of hydrogen-bond donors (Lipinski definition) is 1. The Kier molecular flexibility index (Phi) is 3.76. The van der Waals surface area contributed by atoms with E-state index in [2.05, 4.69) is 20.3 Å². The Hall–Kier alpha value is -2.74. The molecular formula is C17H11F3N4S. The van der Waals surface area contributed by atoms with Crippen LogP contribution in [0.3, 0.4) is 0 Å². The molecule has 0 unspecified atom stereocenters. The van der Waals surface area contributed by atoms with Gasteiger partial charge >= 0.3 is 6.18 Å². The second kappa shape index (κ2) is 5.96. The molecule has 0 aliphatic carbocycles. The van der Waals surface area contributed by atoms with Crippen molar-refractivity contribution < 1.29 is 13.2 Å². The molecule has 0 radical (unpaired) electrons. The van der Waals surface area contributed by atoms with E-state index in [0.29, 0.717) is 5.39 Å². The summed E-state index contributed by atoms with van der Waals surface area (Å²) in [7, 11) is 0. The summed E-state index contributed by atoms with van der Waals surface area (Å²) in [6, 6.07) is 14.3. The quantitative estimate of drug-likeness (QED) is 0.566. The molecule has 4 aromatic rings. The number of alkyl halides is 3. The Balaban J connectivity index is 1.70. The summed E-state index contributed by atoms with van der Waals surface area (Å²) in [6.45, 7) is 0.289. The molecule has 1 N–H and O–H groups in total. The molecule has 0 aliphatic heterocycles. The van der Waals surface area contributed by atoms with Gasteiger partial charge in [0.2, 0.25) is 5.82 Å². The summed E-state index contributed by atoms with van der Waals surface area (Å²) < 4.78 is 40.1. The average Bonchev–Trinajstić information content (AvgIpc) is 3.01. The fourth-order valence-electron chi connectivity index (χ4n) is 2.49. The molecule has 4 nitrogen and oxygen atoms in total. The Morgan fingerprint density at radius 1 is 0.880 bits per heavy atom. The Bertz CT molecular complexity index is 1030. The Labute approximate surface area is 144 Å². The van der Waals surface area contributed by atoms with Crippen LogP contribution < -0.4 is 5.32 Å². The first-order chi connectivity index (χ1) is 12.0. The third kappa shape index (κ3) is 3.12. The largest absolute Gasteiger partial charge is 0.451 e. The number of halogens is 3. The van der Waals surface area contributed by atoms with Crippen LogP contribution in [0.2, 0.25) is 0 Å².